The van der Waals surface area contributed by atoms with Gasteiger partial charge in [-0.25, -0.2) is 0 Å². The van der Waals surface area contributed by atoms with E-state index in [2.05, 4.69) is 32.7 Å². The summed E-state index contributed by atoms with van der Waals surface area (Å²) in [7, 11) is 0. The van der Waals surface area contributed by atoms with Gasteiger partial charge in [0.05, 0.1) is 23.7 Å². The van der Waals surface area contributed by atoms with Crippen LogP contribution in [0.2, 0.25) is 5.02 Å². The number of thiol groups is 1. The van der Waals surface area contributed by atoms with Gasteiger partial charge in [-0.2, -0.15) is 18.4 Å². The fourth-order valence-electron chi connectivity index (χ4n) is 8.47. The van der Waals surface area contributed by atoms with Gasteiger partial charge in [-0.15, -0.1) is 12.6 Å². The first-order valence-corrected chi connectivity index (χ1v) is 20.8. The minimum Gasteiger partial charge on any atom is -0.492 e. The number of anilines is 4. The summed E-state index contributed by atoms with van der Waals surface area (Å²) in [5, 5.41) is 18.0. The Kier molecular flexibility index (Phi) is 12.6. The number of piperidine rings is 1. The van der Waals surface area contributed by atoms with E-state index in [-0.39, 0.29) is 42.4 Å². The molecule has 3 aliphatic heterocycles. The Morgan fingerprint density at radius 1 is 1.07 bits per heavy atom. The van der Waals surface area contributed by atoms with Gasteiger partial charge in [0.25, 0.3) is 5.91 Å². The highest BCUT2D eigenvalue weighted by Crippen LogP contribution is 2.51. The number of carbonyl (C=O) groups is 4. The molecule has 18 heteroatoms. The van der Waals surface area contributed by atoms with E-state index in [1.165, 1.54) is 11.0 Å². The zero-order valence-corrected chi connectivity index (χ0v) is 34.8. The minimum atomic E-state index is -4.77. The van der Waals surface area contributed by atoms with Crippen molar-refractivity contribution in [2.24, 2.45) is 0 Å². The maximum Gasteiger partial charge on any atom is 0.417 e. The zero-order valence-electron chi connectivity index (χ0n) is 33.1. The number of nitrogens with zero attached hydrogens (tertiary/aromatic N) is 5. The number of nitrogens with one attached hydrogen (secondary N) is 3. The molecule has 0 radical (unpaired) electrons. The van der Waals surface area contributed by atoms with Crippen LogP contribution in [-0.2, 0) is 31.8 Å². The van der Waals surface area contributed by atoms with Gasteiger partial charge in [-0.3, -0.25) is 39.2 Å². The van der Waals surface area contributed by atoms with E-state index in [0.717, 1.165) is 37.2 Å². The molecule has 318 valence electrons. The molecule has 3 saturated heterocycles. The van der Waals surface area contributed by atoms with E-state index in [1.54, 1.807) is 24.3 Å². The monoisotopic (exact) mass is 866 g/mol. The largest absolute Gasteiger partial charge is 0.492 e. The Balaban J connectivity index is 0.929. The number of rotatable bonds is 12. The lowest BCUT2D eigenvalue weighted by Gasteiger charge is -2.44. The van der Waals surface area contributed by atoms with E-state index in [4.69, 9.17) is 29.0 Å². The summed E-state index contributed by atoms with van der Waals surface area (Å²) in [6, 6.07) is 15.1. The van der Waals surface area contributed by atoms with Crippen LogP contribution in [-0.4, -0.2) is 95.9 Å². The van der Waals surface area contributed by atoms with Crippen LogP contribution in [0.5, 0.6) is 5.75 Å². The van der Waals surface area contributed by atoms with Crippen molar-refractivity contribution in [3.8, 4) is 11.8 Å². The van der Waals surface area contributed by atoms with Gasteiger partial charge in [0.15, 0.2) is 5.50 Å². The van der Waals surface area contributed by atoms with Crippen molar-refractivity contribution >= 4 is 70.6 Å². The van der Waals surface area contributed by atoms with Crippen LogP contribution in [0.1, 0.15) is 62.6 Å². The number of alkyl halides is 3. The molecule has 3 aromatic carbocycles. The van der Waals surface area contributed by atoms with Crippen LogP contribution in [0, 0.1) is 11.3 Å². The maximum absolute atomic E-state index is 14.0. The summed E-state index contributed by atoms with van der Waals surface area (Å²) in [6.45, 7) is 7.44. The van der Waals surface area contributed by atoms with Crippen LogP contribution in [0.3, 0.4) is 0 Å². The molecule has 4 aliphatic rings. The summed E-state index contributed by atoms with van der Waals surface area (Å²) in [5.74, 6) is -0.539. The molecular formula is C42H46ClF3N8O5S. The number of amides is 4. The second-order valence-electron chi connectivity index (χ2n) is 15.7. The molecule has 60 heavy (non-hydrogen) atoms. The summed E-state index contributed by atoms with van der Waals surface area (Å²) in [5.41, 5.74) is -0.740. The van der Waals surface area contributed by atoms with E-state index in [1.807, 2.05) is 30.0 Å². The van der Waals surface area contributed by atoms with Crippen molar-refractivity contribution in [2.45, 2.75) is 81.7 Å². The fourth-order valence-corrected chi connectivity index (χ4v) is 9.30. The van der Waals surface area contributed by atoms with Crippen LogP contribution >= 0.6 is 24.2 Å². The Hall–Kier alpha value is -5.02. The first-order valence-electron chi connectivity index (χ1n) is 20.0. The van der Waals surface area contributed by atoms with Crippen molar-refractivity contribution < 1.29 is 37.1 Å². The molecule has 1 aliphatic carbocycles. The second kappa shape index (κ2) is 17.5. The number of hydrogen-bond donors (Lipinski definition) is 4. The molecule has 4 amide bonds. The Labute approximate surface area is 356 Å². The predicted molar refractivity (Wildman–Crippen MR) is 224 cm³/mol. The number of aryl methyl sites for hydroxylation is 1. The molecule has 1 spiro atoms. The normalized spacial score (nSPS) is 22.0. The van der Waals surface area contributed by atoms with Gasteiger partial charge >= 0.3 is 6.18 Å². The van der Waals surface area contributed by atoms with Crippen molar-refractivity contribution in [3.05, 3.63) is 76.3 Å². The average Bonchev–Trinajstić information content (AvgIpc) is 3.42. The molecule has 3 heterocycles. The molecule has 4 fully saturated rings. The summed E-state index contributed by atoms with van der Waals surface area (Å²) in [6.07, 6.45) is -1.69. The maximum atomic E-state index is 14.0. The average molecular weight is 867 g/mol. The molecule has 3 N–H and O–H groups in total. The summed E-state index contributed by atoms with van der Waals surface area (Å²) in [4.78, 5) is 58.4. The number of hydrogen-bond acceptors (Lipinski definition) is 11. The third-order valence-corrected chi connectivity index (χ3v) is 12.4. The molecule has 1 unspecified atom stereocenters. The minimum absolute atomic E-state index is 0.0309. The number of halogens is 4. The number of imide groups is 1. The third-order valence-electron chi connectivity index (χ3n) is 11.8. The number of piperazine rings is 1. The Morgan fingerprint density at radius 2 is 1.82 bits per heavy atom. The standard InChI is InChI=1S/C42H46ClF3N8O5S/c1-3-26-17-32(54-40(60)53(39(58)41(54)11-4-12-41)31-6-5-27(22-47)33(21-31)42(44,45)46)7-9-35(26)59-16-15-51-13-14-52(25(2)23-51)24-37(56)49-30-19-28(43)18-29(20-30)48-34-8-10-36(55)50-38(34)57/h5-7,9,17-21,25,34,40,48,60H,3-4,8,10-16,23-24H2,1-2H3,(H,49,56)(H,50,55,57)/t25-,34?,40+/m1/s1. The molecule has 1 saturated carbocycles. The zero-order chi connectivity index (χ0) is 42.9. The lowest BCUT2D eigenvalue weighted by Crippen LogP contribution is -2.55. The van der Waals surface area contributed by atoms with E-state index in [0.29, 0.717) is 73.2 Å². The van der Waals surface area contributed by atoms with Gasteiger partial charge in [-0.05, 0) is 99.2 Å². The van der Waals surface area contributed by atoms with E-state index in [9.17, 15) is 37.6 Å². The number of carbonyl (C=O) groups excluding carboxylic acids is 4. The molecule has 0 aromatic heterocycles. The first-order chi connectivity index (χ1) is 28.6. The second-order valence-corrected chi connectivity index (χ2v) is 16.6. The molecule has 13 nitrogen and oxygen atoms in total. The lowest BCUT2D eigenvalue weighted by molar-refractivity contribution is -0.138. The number of ether oxygens (including phenoxy) is 1. The molecule has 3 aromatic rings. The van der Waals surface area contributed by atoms with Crippen LogP contribution in [0.25, 0.3) is 0 Å². The highest BCUT2D eigenvalue weighted by Gasteiger charge is 2.60. The van der Waals surface area contributed by atoms with Gasteiger partial charge in [0, 0.05) is 66.4 Å². The van der Waals surface area contributed by atoms with Crippen LogP contribution in [0.15, 0.2) is 54.6 Å². The number of nitriles is 1. The van der Waals surface area contributed by atoms with Gasteiger partial charge in [-0.1, -0.05) is 18.5 Å². The first kappa shape index (κ1) is 43.1. The SMILES string of the molecule is CCc1cc(N2[C@@H](S)N(c3ccc(C#N)c(C(F)(F)F)c3)C(=O)C23CCC3)ccc1OCCN1CCN(CC(=O)Nc2cc(Cl)cc(NC3CCC(=O)NC3=O)c2)[C@H](C)C1. The van der Waals surface area contributed by atoms with E-state index >= 15 is 0 Å². The van der Waals surface area contributed by atoms with Crippen molar-refractivity contribution in [1.82, 2.24) is 15.1 Å². The molecule has 0 bridgehead atoms. The third kappa shape index (κ3) is 8.88. The van der Waals surface area contributed by atoms with Crippen LogP contribution in [0.4, 0.5) is 35.9 Å². The molecule has 3 atom stereocenters. The smallest absolute Gasteiger partial charge is 0.417 e. The van der Waals surface area contributed by atoms with Gasteiger partial charge in [0.1, 0.15) is 23.9 Å². The highest BCUT2D eigenvalue weighted by molar-refractivity contribution is 7.81. The molecular weight excluding hydrogens is 821 g/mol. The summed E-state index contributed by atoms with van der Waals surface area (Å²) >= 11 is 11.1. The quantitative estimate of drug-likeness (QED) is 0.126. The Morgan fingerprint density at radius 3 is 2.48 bits per heavy atom. The van der Waals surface area contributed by atoms with Gasteiger partial charge < -0.3 is 20.3 Å². The topological polar surface area (TPSA) is 150 Å². The summed E-state index contributed by atoms with van der Waals surface area (Å²) < 4.78 is 47.9. The molecule has 7 rings (SSSR count). The number of benzene rings is 3. The van der Waals surface area contributed by atoms with Crippen molar-refractivity contribution in [2.75, 3.05) is 59.8 Å². The lowest BCUT2D eigenvalue weighted by atomic mass is 9.75. The van der Waals surface area contributed by atoms with E-state index < -0.39 is 40.3 Å². The van der Waals surface area contributed by atoms with Crippen molar-refractivity contribution in [1.29, 1.82) is 5.26 Å². The van der Waals surface area contributed by atoms with Crippen LogP contribution < -0.4 is 30.5 Å². The Bertz CT molecular complexity index is 2220. The van der Waals surface area contributed by atoms with Gasteiger partial charge in [0.2, 0.25) is 17.7 Å². The van der Waals surface area contributed by atoms with Crippen molar-refractivity contribution in [3.63, 3.8) is 0 Å². The predicted octanol–water partition coefficient (Wildman–Crippen LogP) is 6.02. The highest BCUT2D eigenvalue weighted by atomic mass is 35.5. The fraction of sp³-hybridized carbons (Fsp3) is 0.452.